The number of pyridine rings is 1. The maximum atomic E-state index is 12.5. The van der Waals surface area contributed by atoms with Crippen molar-refractivity contribution in [2.75, 3.05) is 0 Å². The summed E-state index contributed by atoms with van der Waals surface area (Å²) in [6.07, 6.45) is -0.726. The third-order valence-corrected chi connectivity index (χ3v) is 3.44. The van der Waals surface area contributed by atoms with E-state index >= 15 is 0 Å². The van der Waals surface area contributed by atoms with Gasteiger partial charge in [-0.3, -0.25) is 4.68 Å². The average Bonchev–Trinajstić information content (AvgIpc) is 3.24. The van der Waals surface area contributed by atoms with Gasteiger partial charge in [0.1, 0.15) is 12.2 Å². The lowest BCUT2D eigenvalue weighted by molar-refractivity contribution is -0.137. The molecule has 0 saturated heterocycles. The third kappa shape index (κ3) is 3.27. The van der Waals surface area contributed by atoms with Crippen LogP contribution in [-0.2, 0) is 12.8 Å². The van der Waals surface area contributed by atoms with E-state index in [0.29, 0.717) is 11.9 Å². The number of hydrogen-bond acceptors (Lipinski definition) is 4. The molecule has 1 aliphatic rings. The van der Waals surface area contributed by atoms with Crippen LogP contribution in [0.1, 0.15) is 40.5 Å². The maximum absolute atomic E-state index is 12.5. The minimum absolute atomic E-state index is 0.0158. The van der Waals surface area contributed by atoms with Crippen LogP contribution in [0.25, 0.3) is 0 Å². The normalized spacial score (nSPS) is 14.7. The van der Waals surface area contributed by atoms with Crippen molar-refractivity contribution in [1.82, 2.24) is 14.8 Å². The van der Waals surface area contributed by atoms with E-state index in [-0.39, 0.29) is 24.1 Å². The van der Waals surface area contributed by atoms with Crippen LogP contribution in [0, 0.1) is 0 Å². The fourth-order valence-electron chi connectivity index (χ4n) is 2.12. The summed E-state index contributed by atoms with van der Waals surface area (Å²) in [5.41, 5.74) is -0.482. The number of halogens is 3. The second kappa shape index (κ2) is 5.56. The second-order valence-electron chi connectivity index (χ2n) is 5.16. The van der Waals surface area contributed by atoms with Crippen LogP contribution < -0.4 is 4.74 Å². The maximum Gasteiger partial charge on any atom is 0.417 e. The zero-order chi connectivity index (χ0) is 16.6. The molecule has 2 aromatic heterocycles. The van der Waals surface area contributed by atoms with Gasteiger partial charge in [0.15, 0.2) is 0 Å². The molecule has 23 heavy (non-hydrogen) atoms. The first kappa shape index (κ1) is 15.3. The Morgan fingerprint density at radius 3 is 2.61 bits per heavy atom. The van der Waals surface area contributed by atoms with E-state index in [2.05, 4.69) is 10.1 Å². The van der Waals surface area contributed by atoms with Crippen molar-refractivity contribution in [2.45, 2.75) is 31.7 Å². The molecule has 0 aromatic carbocycles. The highest BCUT2D eigenvalue weighted by Crippen LogP contribution is 2.36. The van der Waals surface area contributed by atoms with Gasteiger partial charge in [0.2, 0.25) is 5.88 Å². The molecule has 0 spiro atoms. The lowest BCUT2D eigenvalue weighted by Crippen LogP contribution is -2.11. The van der Waals surface area contributed by atoms with Crippen molar-refractivity contribution >= 4 is 5.97 Å². The van der Waals surface area contributed by atoms with Crippen LogP contribution in [0.5, 0.6) is 5.88 Å². The molecule has 1 fully saturated rings. The molecule has 0 radical (unpaired) electrons. The van der Waals surface area contributed by atoms with Gasteiger partial charge in [-0.25, -0.2) is 9.78 Å². The van der Waals surface area contributed by atoms with Crippen molar-refractivity contribution in [2.24, 2.45) is 0 Å². The van der Waals surface area contributed by atoms with Gasteiger partial charge >= 0.3 is 12.1 Å². The summed E-state index contributed by atoms with van der Waals surface area (Å²) in [7, 11) is 0. The van der Waals surface area contributed by atoms with Gasteiger partial charge in [-0.1, -0.05) is 0 Å². The molecule has 6 nitrogen and oxygen atoms in total. The summed E-state index contributed by atoms with van der Waals surface area (Å²) in [5.74, 6) is -1.14. The van der Waals surface area contributed by atoms with Crippen LogP contribution >= 0.6 is 0 Å². The summed E-state index contributed by atoms with van der Waals surface area (Å²) in [4.78, 5) is 14.8. The monoisotopic (exact) mass is 327 g/mol. The molecular weight excluding hydrogens is 315 g/mol. The number of carboxylic acid groups (broad SMARTS) is 1. The van der Waals surface area contributed by atoms with E-state index in [0.717, 1.165) is 25.0 Å². The molecule has 1 aliphatic carbocycles. The van der Waals surface area contributed by atoms with Gasteiger partial charge in [-0.05, 0) is 18.9 Å². The molecule has 1 saturated carbocycles. The van der Waals surface area contributed by atoms with Crippen molar-refractivity contribution in [3.8, 4) is 5.88 Å². The first-order valence-corrected chi connectivity index (χ1v) is 6.82. The Balaban J connectivity index is 1.75. The number of aromatic carboxylic acids is 1. The van der Waals surface area contributed by atoms with Crippen molar-refractivity contribution in [1.29, 1.82) is 0 Å². The fraction of sp³-hybridized carbons (Fsp3) is 0.357. The highest BCUT2D eigenvalue weighted by molar-refractivity contribution is 5.88. The van der Waals surface area contributed by atoms with E-state index in [1.54, 1.807) is 4.68 Å². The van der Waals surface area contributed by atoms with E-state index < -0.39 is 17.7 Å². The highest BCUT2D eigenvalue weighted by atomic mass is 19.4. The summed E-state index contributed by atoms with van der Waals surface area (Å²) < 4.78 is 44.3. The van der Waals surface area contributed by atoms with E-state index in [1.807, 2.05) is 0 Å². The fourth-order valence-corrected chi connectivity index (χ4v) is 2.12. The van der Waals surface area contributed by atoms with Crippen LogP contribution in [0.2, 0.25) is 0 Å². The molecule has 0 aliphatic heterocycles. The van der Waals surface area contributed by atoms with E-state index in [9.17, 15) is 18.0 Å². The number of carboxylic acids is 1. The summed E-state index contributed by atoms with van der Waals surface area (Å²) in [6.45, 7) is -0.128. The first-order chi connectivity index (χ1) is 10.9. The molecule has 122 valence electrons. The Kier molecular flexibility index (Phi) is 3.70. The summed E-state index contributed by atoms with van der Waals surface area (Å²) in [5, 5.41) is 13.2. The Morgan fingerprint density at radius 1 is 1.35 bits per heavy atom. The molecule has 0 amide bonds. The number of ether oxygens (including phenoxy) is 1. The molecule has 9 heteroatoms. The largest absolute Gasteiger partial charge is 0.478 e. The van der Waals surface area contributed by atoms with Crippen LogP contribution in [0.4, 0.5) is 13.2 Å². The Labute approximate surface area is 128 Å². The van der Waals surface area contributed by atoms with Crippen molar-refractivity contribution < 1.29 is 27.8 Å². The molecule has 3 rings (SSSR count). The molecule has 1 N–H and O–H groups in total. The predicted molar refractivity (Wildman–Crippen MR) is 71.0 cm³/mol. The van der Waals surface area contributed by atoms with Crippen molar-refractivity contribution in [3.63, 3.8) is 0 Å². The summed E-state index contributed by atoms with van der Waals surface area (Å²) in [6, 6.07) is 2.11. The predicted octanol–water partition coefficient (Wildman–Crippen LogP) is 2.91. The SMILES string of the molecule is O=C(O)c1cnn(C2CC2)c1COc1ccc(C(F)(F)F)cn1. The van der Waals surface area contributed by atoms with Gasteiger partial charge in [-0.15, -0.1) is 0 Å². The lowest BCUT2D eigenvalue weighted by Gasteiger charge is -2.10. The lowest BCUT2D eigenvalue weighted by atomic mass is 10.2. The smallest absolute Gasteiger partial charge is 0.417 e. The van der Waals surface area contributed by atoms with Gasteiger partial charge in [-0.2, -0.15) is 18.3 Å². The van der Waals surface area contributed by atoms with Crippen LogP contribution in [-0.4, -0.2) is 25.8 Å². The minimum Gasteiger partial charge on any atom is -0.478 e. The quantitative estimate of drug-likeness (QED) is 0.914. The van der Waals surface area contributed by atoms with E-state index in [1.165, 1.54) is 6.20 Å². The van der Waals surface area contributed by atoms with Gasteiger partial charge < -0.3 is 9.84 Å². The molecular formula is C14H12F3N3O3. The van der Waals surface area contributed by atoms with Gasteiger partial charge in [0, 0.05) is 12.3 Å². The van der Waals surface area contributed by atoms with Crippen LogP contribution in [0.15, 0.2) is 24.5 Å². The van der Waals surface area contributed by atoms with Gasteiger partial charge in [0.25, 0.3) is 0 Å². The molecule has 2 heterocycles. The number of aromatic nitrogens is 3. The second-order valence-corrected chi connectivity index (χ2v) is 5.16. The van der Waals surface area contributed by atoms with Crippen LogP contribution in [0.3, 0.4) is 0 Å². The number of carbonyl (C=O) groups is 1. The van der Waals surface area contributed by atoms with Crippen molar-refractivity contribution in [3.05, 3.63) is 41.3 Å². The molecule has 0 bridgehead atoms. The number of nitrogens with zero attached hydrogens (tertiary/aromatic N) is 3. The third-order valence-electron chi connectivity index (χ3n) is 3.44. The molecule has 0 atom stereocenters. The molecule has 2 aromatic rings. The van der Waals surface area contributed by atoms with Gasteiger partial charge in [0.05, 0.1) is 23.5 Å². The number of hydrogen-bond donors (Lipinski definition) is 1. The highest BCUT2D eigenvalue weighted by Gasteiger charge is 2.31. The van der Waals surface area contributed by atoms with E-state index in [4.69, 9.17) is 9.84 Å². The Bertz CT molecular complexity index is 721. The first-order valence-electron chi connectivity index (χ1n) is 6.82. The zero-order valence-corrected chi connectivity index (χ0v) is 11.7. The average molecular weight is 327 g/mol. The number of alkyl halides is 3. The molecule has 0 unspecified atom stereocenters. The minimum atomic E-state index is -4.47. The number of rotatable bonds is 5. The Morgan fingerprint density at radius 2 is 2.09 bits per heavy atom. The Hall–Kier alpha value is -2.58. The zero-order valence-electron chi connectivity index (χ0n) is 11.7. The topological polar surface area (TPSA) is 77.2 Å². The summed E-state index contributed by atoms with van der Waals surface area (Å²) >= 11 is 0. The standard InChI is InChI=1S/C14H12F3N3O3/c15-14(16,17)8-1-4-12(18-5-8)23-7-11-10(13(21)22)6-19-20(11)9-2-3-9/h1,4-6,9H,2-3,7H2,(H,21,22).